The summed E-state index contributed by atoms with van der Waals surface area (Å²) in [7, 11) is 0. The first-order valence-corrected chi connectivity index (χ1v) is 5.73. The quantitative estimate of drug-likeness (QED) is 0.682. The number of hydrogen-bond donors (Lipinski definition) is 0. The molecular formula is C10H8F2S2. The highest BCUT2D eigenvalue weighted by Crippen LogP contribution is 2.37. The third-order valence-electron chi connectivity index (χ3n) is 1.83. The highest BCUT2D eigenvalue weighted by Gasteiger charge is 2.15. The van der Waals surface area contributed by atoms with Crippen molar-refractivity contribution in [1.29, 1.82) is 0 Å². The number of hydrogen-bond acceptors (Lipinski definition) is 2. The van der Waals surface area contributed by atoms with Crippen molar-refractivity contribution in [3.8, 4) is 9.75 Å². The first kappa shape index (κ1) is 9.80. The molecule has 0 saturated heterocycles. The summed E-state index contributed by atoms with van der Waals surface area (Å²) in [6.07, 6.45) is 0. The van der Waals surface area contributed by atoms with E-state index in [2.05, 4.69) is 0 Å². The summed E-state index contributed by atoms with van der Waals surface area (Å²) in [6, 6.07) is 2.88. The normalized spacial score (nSPS) is 10.9. The Kier molecular flexibility index (Phi) is 2.41. The predicted octanol–water partition coefficient (Wildman–Crippen LogP) is 4.37. The zero-order valence-corrected chi connectivity index (χ0v) is 9.36. The van der Waals surface area contributed by atoms with Crippen molar-refractivity contribution in [3.05, 3.63) is 33.5 Å². The van der Waals surface area contributed by atoms with E-state index in [0.717, 1.165) is 9.75 Å². The summed E-state index contributed by atoms with van der Waals surface area (Å²) in [5.74, 6) is -0.651. The minimum Gasteiger partial charge on any atom is -0.205 e. The monoisotopic (exact) mass is 230 g/mol. The summed E-state index contributed by atoms with van der Waals surface area (Å²) in [4.78, 5) is 2.56. The number of aryl methyl sites for hydroxylation is 2. The van der Waals surface area contributed by atoms with Crippen LogP contribution in [0.3, 0.4) is 0 Å². The second-order valence-electron chi connectivity index (χ2n) is 3.07. The van der Waals surface area contributed by atoms with E-state index in [-0.39, 0.29) is 11.6 Å². The minimum atomic E-state index is -0.326. The molecule has 0 unspecified atom stereocenters. The molecule has 0 saturated carbocycles. The molecule has 2 aromatic rings. The lowest BCUT2D eigenvalue weighted by molar-refractivity contribution is 0.623. The Balaban J connectivity index is 2.59. The molecule has 0 aliphatic carbocycles. The van der Waals surface area contributed by atoms with E-state index in [0.29, 0.717) is 9.75 Å². The summed E-state index contributed by atoms with van der Waals surface area (Å²) in [6.45, 7) is 3.63. The highest BCUT2D eigenvalue weighted by molar-refractivity contribution is 7.22. The zero-order valence-electron chi connectivity index (χ0n) is 7.73. The smallest absolute Gasteiger partial charge is 0.142 e. The van der Waals surface area contributed by atoms with Crippen LogP contribution >= 0.6 is 22.7 Å². The molecule has 14 heavy (non-hydrogen) atoms. The van der Waals surface area contributed by atoms with Gasteiger partial charge >= 0.3 is 0 Å². The number of thiophene rings is 2. The van der Waals surface area contributed by atoms with Crippen molar-refractivity contribution in [1.82, 2.24) is 0 Å². The van der Waals surface area contributed by atoms with Gasteiger partial charge in [0.15, 0.2) is 0 Å². The van der Waals surface area contributed by atoms with Gasteiger partial charge < -0.3 is 0 Å². The van der Waals surface area contributed by atoms with E-state index in [1.165, 1.54) is 34.8 Å². The fourth-order valence-corrected chi connectivity index (χ4v) is 3.19. The summed E-state index contributed by atoms with van der Waals surface area (Å²) in [5.41, 5.74) is 0. The Hall–Kier alpha value is -0.740. The van der Waals surface area contributed by atoms with Gasteiger partial charge in [0.2, 0.25) is 0 Å². The van der Waals surface area contributed by atoms with Crippen molar-refractivity contribution in [2.24, 2.45) is 0 Å². The molecule has 0 nitrogen and oxygen atoms in total. The number of halogens is 2. The van der Waals surface area contributed by atoms with Gasteiger partial charge in [-0.05, 0) is 26.0 Å². The van der Waals surface area contributed by atoms with Gasteiger partial charge in [-0.15, -0.1) is 22.7 Å². The molecule has 74 valence electrons. The molecule has 0 aliphatic heterocycles. The lowest BCUT2D eigenvalue weighted by Crippen LogP contribution is -1.74. The van der Waals surface area contributed by atoms with Crippen LogP contribution in [0, 0.1) is 25.5 Å². The van der Waals surface area contributed by atoms with Crippen LogP contribution in [-0.2, 0) is 0 Å². The molecule has 2 rings (SSSR count). The first-order chi connectivity index (χ1) is 6.58. The van der Waals surface area contributed by atoms with Crippen LogP contribution in [0.25, 0.3) is 9.75 Å². The van der Waals surface area contributed by atoms with E-state index >= 15 is 0 Å². The van der Waals surface area contributed by atoms with Gasteiger partial charge in [-0.1, -0.05) is 0 Å². The Labute approximate surface area is 88.8 Å². The molecule has 0 amide bonds. The highest BCUT2D eigenvalue weighted by atomic mass is 32.1. The van der Waals surface area contributed by atoms with E-state index in [4.69, 9.17) is 0 Å². The number of rotatable bonds is 1. The molecule has 0 N–H and O–H groups in total. The Morgan fingerprint density at radius 3 is 1.43 bits per heavy atom. The van der Waals surface area contributed by atoms with Crippen LogP contribution in [0.4, 0.5) is 8.78 Å². The topological polar surface area (TPSA) is 0 Å². The molecule has 0 spiro atoms. The van der Waals surface area contributed by atoms with E-state index in [1.807, 2.05) is 13.8 Å². The van der Waals surface area contributed by atoms with Crippen molar-refractivity contribution >= 4 is 22.7 Å². The van der Waals surface area contributed by atoms with Crippen LogP contribution in [0.5, 0.6) is 0 Å². The molecule has 0 aromatic carbocycles. The van der Waals surface area contributed by atoms with Crippen LogP contribution < -0.4 is 0 Å². The van der Waals surface area contributed by atoms with E-state index in [1.54, 1.807) is 0 Å². The molecule has 0 fully saturated rings. The maximum atomic E-state index is 13.3. The maximum Gasteiger partial charge on any atom is 0.142 e. The molecule has 4 heteroatoms. The van der Waals surface area contributed by atoms with Crippen LogP contribution in [0.15, 0.2) is 12.1 Å². The van der Waals surface area contributed by atoms with Crippen molar-refractivity contribution in [3.63, 3.8) is 0 Å². The second kappa shape index (κ2) is 3.44. The van der Waals surface area contributed by atoms with Gasteiger partial charge in [0, 0.05) is 9.75 Å². The SMILES string of the molecule is Cc1cc(F)c(-c2sc(C)cc2F)s1. The predicted molar refractivity (Wildman–Crippen MR) is 57.0 cm³/mol. The average Bonchev–Trinajstić information content (AvgIpc) is 2.55. The fraction of sp³-hybridized carbons (Fsp3) is 0.200. The van der Waals surface area contributed by atoms with Crippen molar-refractivity contribution < 1.29 is 8.78 Å². The third-order valence-corrected chi connectivity index (χ3v) is 4.04. The van der Waals surface area contributed by atoms with Gasteiger partial charge in [0.05, 0.1) is 9.75 Å². The Morgan fingerprint density at radius 2 is 1.21 bits per heavy atom. The molecule has 0 atom stereocenters. The molecule has 2 heterocycles. The summed E-state index contributed by atoms with van der Waals surface area (Å²) < 4.78 is 26.7. The van der Waals surface area contributed by atoms with E-state index in [9.17, 15) is 8.78 Å². The summed E-state index contributed by atoms with van der Waals surface area (Å²) in [5, 5.41) is 0. The Bertz CT molecular complexity index is 424. The second-order valence-corrected chi connectivity index (χ2v) is 5.58. The lowest BCUT2D eigenvalue weighted by Gasteiger charge is -1.91. The maximum absolute atomic E-state index is 13.3. The minimum absolute atomic E-state index is 0.326. The van der Waals surface area contributed by atoms with Crippen LogP contribution in [0.2, 0.25) is 0 Å². The molecule has 2 aromatic heterocycles. The van der Waals surface area contributed by atoms with Crippen LogP contribution in [-0.4, -0.2) is 0 Å². The van der Waals surface area contributed by atoms with Gasteiger partial charge in [0.1, 0.15) is 11.6 Å². The van der Waals surface area contributed by atoms with Crippen LogP contribution in [0.1, 0.15) is 9.75 Å². The molecule has 0 bridgehead atoms. The lowest BCUT2D eigenvalue weighted by atomic mass is 10.3. The fourth-order valence-electron chi connectivity index (χ4n) is 1.28. The van der Waals surface area contributed by atoms with Gasteiger partial charge in [-0.25, -0.2) is 8.78 Å². The Morgan fingerprint density at radius 1 is 0.857 bits per heavy atom. The van der Waals surface area contributed by atoms with Gasteiger partial charge in [-0.3, -0.25) is 0 Å². The third kappa shape index (κ3) is 1.60. The van der Waals surface area contributed by atoms with E-state index < -0.39 is 0 Å². The summed E-state index contributed by atoms with van der Waals surface area (Å²) >= 11 is 2.58. The average molecular weight is 230 g/mol. The van der Waals surface area contributed by atoms with Gasteiger partial charge in [0.25, 0.3) is 0 Å². The largest absolute Gasteiger partial charge is 0.205 e. The molecule has 0 radical (unpaired) electrons. The van der Waals surface area contributed by atoms with Crippen molar-refractivity contribution in [2.45, 2.75) is 13.8 Å². The van der Waals surface area contributed by atoms with Crippen molar-refractivity contribution in [2.75, 3.05) is 0 Å². The first-order valence-electron chi connectivity index (χ1n) is 4.10. The molecule has 0 aliphatic rings. The zero-order chi connectivity index (χ0) is 10.3. The standard InChI is InChI=1S/C10H8F2S2/c1-5-3-7(11)9(13-5)10-8(12)4-6(2)14-10/h3-4H,1-2H3. The molecular weight excluding hydrogens is 222 g/mol. The van der Waals surface area contributed by atoms with Gasteiger partial charge in [-0.2, -0.15) is 0 Å².